The predicted molar refractivity (Wildman–Crippen MR) is 131 cm³/mol. The van der Waals surface area contributed by atoms with Crippen LogP contribution in [-0.4, -0.2) is 50.8 Å². The third kappa shape index (κ3) is 5.85. The van der Waals surface area contributed by atoms with Gasteiger partial charge in [0.25, 0.3) is 0 Å². The van der Waals surface area contributed by atoms with Gasteiger partial charge in [-0.2, -0.15) is 9.78 Å². The highest BCUT2D eigenvalue weighted by Gasteiger charge is 2.35. The molecule has 196 valence electrons. The van der Waals surface area contributed by atoms with E-state index in [4.69, 9.17) is 9.84 Å². The lowest BCUT2D eigenvalue weighted by Crippen LogP contribution is -2.28. The van der Waals surface area contributed by atoms with E-state index in [-0.39, 0.29) is 17.7 Å². The third-order valence-corrected chi connectivity index (χ3v) is 5.95. The first-order valence-electron chi connectivity index (χ1n) is 11.6. The first kappa shape index (κ1) is 26.4. The van der Waals surface area contributed by atoms with E-state index >= 15 is 0 Å². The number of nitrogens with one attached hydrogen (secondary N) is 1. The van der Waals surface area contributed by atoms with Gasteiger partial charge in [-0.15, -0.1) is 13.2 Å². The molecule has 0 saturated carbocycles. The Hall–Kier alpha value is -3.67. The van der Waals surface area contributed by atoms with Crippen LogP contribution in [0.2, 0.25) is 0 Å². The number of ether oxygens (including phenoxy) is 2. The number of aliphatic hydroxyl groups excluding tert-OH is 1. The summed E-state index contributed by atoms with van der Waals surface area (Å²) in [6.07, 6.45) is -3.85. The zero-order chi connectivity index (χ0) is 26.7. The first-order valence-corrected chi connectivity index (χ1v) is 11.6. The lowest BCUT2D eigenvalue weighted by molar-refractivity contribution is -0.336. The van der Waals surface area contributed by atoms with Crippen LogP contribution in [0.4, 0.5) is 19.0 Å². The highest BCUT2D eigenvalue weighted by molar-refractivity contribution is 5.81. The maximum absolute atomic E-state index is 12.8. The van der Waals surface area contributed by atoms with Gasteiger partial charge in [0.1, 0.15) is 11.6 Å². The number of alkyl halides is 3. The fourth-order valence-corrected chi connectivity index (χ4v) is 4.19. The number of pyridine rings is 1. The van der Waals surface area contributed by atoms with E-state index in [1.54, 1.807) is 24.1 Å². The molecule has 4 rings (SSSR count). The van der Waals surface area contributed by atoms with E-state index in [2.05, 4.69) is 15.0 Å². The van der Waals surface area contributed by atoms with Gasteiger partial charge >= 0.3 is 6.36 Å². The summed E-state index contributed by atoms with van der Waals surface area (Å²) < 4.78 is 49.4. The van der Waals surface area contributed by atoms with Crippen molar-refractivity contribution < 1.29 is 32.9 Å². The number of benzene rings is 1. The SMILES string of the molecule is CCc1nn(-c2ncccc2C)c(NC2=C(C(O)O)CC(OC(F)(F)F)C=C2)c1-c1ccc(OC)cc1. The molecule has 1 aromatic carbocycles. The molecule has 0 spiro atoms. The second kappa shape index (κ2) is 10.8. The van der Waals surface area contributed by atoms with Crippen LogP contribution in [0.3, 0.4) is 0 Å². The molecule has 37 heavy (non-hydrogen) atoms. The number of allylic oxidation sites excluding steroid dienone is 1. The minimum Gasteiger partial charge on any atom is -0.497 e. The molecular weight excluding hydrogens is 489 g/mol. The number of aliphatic hydroxyl groups is 2. The Morgan fingerprint density at radius 2 is 1.92 bits per heavy atom. The van der Waals surface area contributed by atoms with Crippen molar-refractivity contribution in [3.05, 3.63) is 77.3 Å². The molecule has 1 aliphatic rings. The summed E-state index contributed by atoms with van der Waals surface area (Å²) in [7, 11) is 1.57. The van der Waals surface area contributed by atoms with Crippen LogP contribution in [0.15, 0.2) is 66.0 Å². The normalized spacial score (nSPS) is 16.0. The molecule has 0 saturated heterocycles. The molecule has 11 heteroatoms. The van der Waals surface area contributed by atoms with Crippen LogP contribution in [0.1, 0.15) is 24.6 Å². The number of hydrogen-bond donors (Lipinski definition) is 3. The van der Waals surface area contributed by atoms with Crippen molar-refractivity contribution in [2.75, 3.05) is 12.4 Å². The van der Waals surface area contributed by atoms with Gasteiger partial charge in [0, 0.05) is 29.5 Å². The number of methoxy groups -OCH3 is 1. The molecule has 8 nitrogen and oxygen atoms in total. The molecule has 3 aromatic rings. The number of anilines is 1. The number of aromatic nitrogens is 3. The van der Waals surface area contributed by atoms with Crippen LogP contribution in [-0.2, 0) is 11.2 Å². The van der Waals surface area contributed by atoms with E-state index in [0.717, 1.165) is 22.4 Å². The molecule has 1 atom stereocenters. The smallest absolute Gasteiger partial charge is 0.497 e. The van der Waals surface area contributed by atoms with Crippen molar-refractivity contribution in [1.82, 2.24) is 14.8 Å². The number of hydrogen-bond acceptors (Lipinski definition) is 7. The van der Waals surface area contributed by atoms with Crippen LogP contribution >= 0.6 is 0 Å². The van der Waals surface area contributed by atoms with Gasteiger partial charge in [-0.05, 0) is 48.7 Å². The zero-order valence-corrected chi connectivity index (χ0v) is 20.5. The van der Waals surface area contributed by atoms with Crippen molar-refractivity contribution in [2.24, 2.45) is 0 Å². The minimum absolute atomic E-state index is 0.0547. The van der Waals surface area contributed by atoms with Crippen LogP contribution < -0.4 is 10.1 Å². The summed E-state index contributed by atoms with van der Waals surface area (Å²) in [5.74, 6) is 1.68. The zero-order valence-electron chi connectivity index (χ0n) is 20.5. The monoisotopic (exact) mass is 516 g/mol. The van der Waals surface area contributed by atoms with E-state index < -0.39 is 18.8 Å². The molecular formula is C26H27F3N4O4. The van der Waals surface area contributed by atoms with Gasteiger partial charge in [0.15, 0.2) is 12.1 Å². The summed E-state index contributed by atoms with van der Waals surface area (Å²) >= 11 is 0. The number of nitrogens with zero attached hydrogens (tertiary/aromatic N) is 3. The Bertz CT molecular complexity index is 1310. The Morgan fingerprint density at radius 3 is 2.51 bits per heavy atom. The van der Waals surface area contributed by atoms with E-state index in [1.165, 1.54) is 12.2 Å². The van der Waals surface area contributed by atoms with Gasteiger partial charge in [-0.1, -0.05) is 31.2 Å². The predicted octanol–water partition coefficient (Wildman–Crippen LogP) is 4.66. The fraction of sp³-hybridized carbons (Fsp3) is 0.308. The number of halogens is 3. The molecule has 0 aliphatic heterocycles. The first-order chi connectivity index (χ1) is 17.6. The Labute approximate surface area is 211 Å². The summed E-state index contributed by atoms with van der Waals surface area (Å²) in [5, 5.41) is 28.0. The number of aryl methyl sites for hydroxylation is 2. The molecule has 3 N–H and O–H groups in total. The average molecular weight is 517 g/mol. The molecule has 0 fully saturated rings. The van der Waals surface area contributed by atoms with E-state index in [1.807, 2.05) is 44.2 Å². The Kier molecular flexibility index (Phi) is 7.67. The van der Waals surface area contributed by atoms with Crippen molar-refractivity contribution in [3.63, 3.8) is 0 Å². The Balaban J connectivity index is 1.86. The molecule has 2 heterocycles. The van der Waals surface area contributed by atoms with Crippen molar-refractivity contribution in [2.45, 2.75) is 45.4 Å². The largest absolute Gasteiger partial charge is 0.523 e. The van der Waals surface area contributed by atoms with Gasteiger partial charge in [-0.25, -0.2) is 4.98 Å². The quantitative estimate of drug-likeness (QED) is 0.375. The van der Waals surface area contributed by atoms with Crippen LogP contribution in [0.5, 0.6) is 5.75 Å². The summed E-state index contributed by atoms with van der Waals surface area (Å²) in [4.78, 5) is 4.48. The van der Waals surface area contributed by atoms with Crippen LogP contribution in [0.25, 0.3) is 16.9 Å². The Morgan fingerprint density at radius 1 is 1.19 bits per heavy atom. The van der Waals surface area contributed by atoms with Gasteiger partial charge in [-0.3, -0.25) is 4.74 Å². The van der Waals surface area contributed by atoms with Crippen LogP contribution in [0, 0.1) is 6.92 Å². The third-order valence-electron chi connectivity index (χ3n) is 5.95. The van der Waals surface area contributed by atoms with E-state index in [9.17, 15) is 23.4 Å². The van der Waals surface area contributed by atoms with Gasteiger partial charge < -0.3 is 20.3 Å². The van der Waals surface area contributed by atoms with E-state index in [0.29, 0.717) is 23.8 Å². The van der Waals surface area contributed by atoms with Crippen molar-refractivity contribution in [3.8, 4) is 22.7 Å². The summed E-state index contributed by atoms with van der Waals surface area (Å²) in [5.41, 5.74) is 3.29. The average Bonchev–Trinajstić information content (AvgIpc) is 3.22. The standard InChI is InChI=1S/C26H27F3N4O4/c1-4-20-22(16-7-9-17(36-3)10-8-16)24(33(32-20)23-15(2)6-5-13-30-23)31-21-12-11-18(37-26(27,28)29)14-19(21)25(34)35/h5-13,18,25,31,34-35H,4,14H2,1-3H3. The topological polar surface area (TPSA) is 102 Å². The fourth-order valence-electron chi connectivity index (χ4n) is 4.19. The minimum atomic E-state index is -4.86. The second-order valence-corrected chi connectivity index (χ2v) is 8.41. The summed E-state index contributed by atoms with van der Waals surface area (Å²) in [6, 6.07) is 11.0. The lowest BCUT2D eigenvalue weighted by Gasteiger charge is -2.25. The molecule has 1 aliphatic carbocycles. The van der Waals surface area contributed by atoms with Gasteiger partial charge in [0.2, 0.25) is 0 Å². The maximum atomic E-state index is 12.8. The van der Waals surface area contributed by atoms with Crippen molar-refractivity contribution >= 4 is 5.82 Å². The molecule has 0 bridgehead atoms. The summed E-state index contributed by atoms with van der Waals surface area (Å²) in [6.45, 7) is 3.84. The second-order valence-electron chi connectivity index (χ2n) is 8.41. The molecule has 1 unspecified atom stereocenters. The molecule has 2 aromatic heterocycles. The highest BCUT2D eigenvalue weighted by atomic mass is 19.4. The maximum Gasteiger partial charge on any atom is 0.523 e. The highest BCUT2D eigenvalue weighted by Crippen LogP contribution is 2.37. The number of rotatable bonds is 8. The van der Waals surface area contributed by atoms with Gasteiger partial charge in [0.05, 0.1) is 18.9 Å². The molecule has 0 radical (unpaired) electrons. The van der Waals surface area contributed by atoms with Crippen molar-refractivity contribution in [1.29, 1.82) is 0 Å². The molecule has 0 amide bonds. The lowest BCUT2D eigenvalue weighted by atomic mass is 9.98.